The zero-order chi connectivity index (χ0) is 11.0. The Bertz CT molecular complexity index is 523. The van der Waals surface area contributed by atoms with Gasteiger partial charge in [0.15, 0.2) is 0 Å². The number of halogens is 2. The number of aromatic nitrogens is 1. The number of benzene rings is 1. The van der Waals surface area contributed by atoms with Gasteiger partial charge in [0, 0.05) is 16.1 Å². The Balaban J connectivity index is 2.86. The number of nitrogens with zero attached hydrogens (tertiary/aromatic N) is 1. The van der Waals surface area contributed by atoms with Crippen molar-refractivity contribution in [2.45, 2.75) is 20.3 Å². The fourth-order valence-corrected chi connectivity index (χ4v) is 2.39. The van der Waals surface area contributed by atoms with E-state index in [1.165, 1.54) is 5.56 Å². The highest BCUT2D eigenvalue weighted by molar-refractivity contribution is 9.10. The quantitative estimate of drug-likeness (QED) is 0.750. The molecule has 1 nitrogen and oxygen atoms in total. The fraction of sp³-hybridized carbons (Fsp3) is 0.250. The zero-order valence-electron chi connectivity index (χ0n) is 8.64. The summed E-state index contributed by atoms with van der Waals surface area (Å²) in [6.45, 7) is 4.10. The number of fused-ring (bicyclic) bond motifs is 1. The second-order valence-electron chi connectivity index (χ2n) is 3.58. The fourth-order valence-electron chi connectivity index (χ4n) is 1.59. The van der Waals surface area contributed by atoms with Crippen molar-refractivity contribution in [1.82, 2.24) is 4.98 Å². The van der Waals surface area contributed by atoms with E-state index in [9.17, 15) is 0 Å². The van der Waals surface area contributed by atoms with E-state index in [1.807, 2.05) is 6.92 Å². The molecule has 0 spiro atoms. The summed E-state index contributed by atoms with van der Waals surface area (Å²) in [6, 6.07) is 4.21. The Morgan fingerprint density at radius 3 is 2.80 bits per heavy atom. The molecule has 0 aliphatic carbocycles. The van der Waals surface area contributed by atoms with Crippen LogP contribution in [-0.4, -0.2) is 4.98 Å². The van der Waals surface area contributed by atoms with Gasteiger partial charge in [0.25, 0.3) is 0 Å². The molecular weight excluding hydrogens is 273 g/mol. The average Bonchev–Trinajstić information content (AvgIpc) is 2.23. The van der Waals surface area contributed by atoms with Gasteiger partial charge in [0.05, 0.1) is 10.5 Å². The maximum atomic E-state index is 6.27. The molecule has 0 aliphatic heterocycles. The summed E-state index contributed by atoms with van der Waals surface area (Å²) in [5.41, 5.74) is 3.22. The van der Waals surface area contributed by atoms with E-state index in [1.54, 1.807) is 6.20 Å². The molecule has 0 atom stereocenters. The molecule has 0 unspecified atom stereocenters. The number of aryl methyl sites for hydroxylation is 2. The standard InChI is InChI=1S/C12H11BrClN/c1-3-8-4-9-11(14)7(2)6-15-12(9)10(13)5-8/h4-6H,3H2,1-2H3. The van der Waals surface area contributed by atoms with E-state index in [0.717, 1.165) is 32.4 Å². The lowest BCUT2D eigenvalue weighted by molar-refractivity contribution is 1.14. The van der Waals surface area contributed by atoms with Gasteiger partial charge in [-0.1, -0.05) is 18.5 Å². The topological polar surface area (TPSA) is 12.9 Å². The molecular formula is C12H11BrClN. The largest absolute Gasteiger partial charge is 0.255 e. The van der Waals surface area contributed by atoms with Crippen LogP contribution in [0.5, 0.6) is 0 Å². The van der Waals surface area contributed by atoms with Gasteiger partial charge in [0.2, 0.25) is 0 Å². The summed E-state index contributed by atoms with van der Waals surface area (Å²) in [5, 5.41) is 1.83. The Labute approximate surface area is 103 Å². The first-order valence-corrected chi connectivity index (χ1v) is 6.03. The molecule has 15 heavy (non-hydrogen) atoms. The highest BCUT2D eigenvalue weighted by Crippen LogP contribution is 2.31. The Morgan fingerprint density at radius 2 is 2.13 bits per heavy atom. The zero-order valence-corrected chi connectivity index (χ0v) is 11.0. The first-order valence-electron chi connectivity index (χ1n) is 4.86. The van der Waals surface area contributed by atoms with Crippen LogP contribution in [0, 0.1) is 6.92 Å². The average molecular weight is 285 g/mol. The lowest BCUT2D eigenvalue weighted by Gasteiger charge is -2.07. The van der Waals surface area contributed by atoms with Crippen LogP contribution in [0.4, 0.5) is 0 Å². The third-order valence-corrected chi connectivity index (χ3v) is 3.61. The number of rotatable bonds is 1. The number of hydrogen-bond acceptors (Lipinski definition) is 1. The van der Waals surface area contributed by atoms with E-state index in [2.05, 4.69) is 40.0 Å². The summed E-state index contributed by atoms with van der Waals surface area (Å²) in [7, 11) is 0. The van der Waals surface area contributed by atoms with Crippen LogP contribution in [0.2, 0.25) is 5.02 Å². The van der Waals surface area contributed by atoms with Crippen LogP contribution in [0.25, 0.3) is 10.9 Å². The molecule has 0 amide bonds. The predicted molar refractivity (Wildman–Crippen MR) is 68.6 cm³/mol. The van der Waals surface area contributed by atoms with Gasteiger partial charge in [-0.25, -0.2) is 0 Å². The molecule has 0 radical (unpaired) electrons. The second kappa shape index (κ2) is 4.11. The summed E-state index contributed by atoms with van der Waals surface area (Å²) < 4.78 is 1.01. The lowest BCUT2D eigenvalue weighted by Crippen LogP contribution is -1.88. The summed E-state index contributed by atoms with van der Waals surface area (Å²) in [6.07, 6.45) is 2.81. The Morgan fingerprint density at radius 1 is 1.40 bits per heavy atom. The van der Waals surface area contributed by atoms with Crippen LogP contribution >= 0.6 is 27.5 Å². The Hall–Kier alpha value is -0.600. The van der Waals surface area contributed by atoms with Crippen LogP contribution in [0.15, 0.2) is 22.8 Å². The molecule has 2 aromatic rings. The van der Waals surface area contributed by atoms with E-state index in [-0.39, 0.29) is 0 Å². The molecule has 1 aromatic heterocycles. The first kappa shape index (κ1) is 10.9. The molecule has 3 heteroatoms. The molecule has 2 rings (SSSR count). The minimum absolute atomic E-state index is 0.802. The summed E-state index contributed by atoms with van der Waals surface area (Å²) >= 11 is 9.79. The number of hydrogen-bond donors (Lipinski definition) is 0. The predicted octanol–water partition coefficient (Wildman–Crippen LogP) is 4.52. The first-order chi connectivity index (χ1) is 7.13. The third-order valence-electron chi connectivity index (χ3n) is 2.50. The van der Waals surface area contributed by atoms with E-state index >= 15 is 0 Å². The monoisotopic (exact) mass is 283 g/mol. The summed E-state index contributed by atoms with van der Waals surface area (Å²) in [5.74, 6) is 0. The van der Waals surface area contributed by atoms with Crippen molar-refractivity contribution in [3.63, 3.8) is 0 Å². The molecule has 0 saturated heterocycles. The van der Waals surface area contributed by atoms with Crippen LogP contribution in [0.3, 0.4) is 0 Å². The molecule has 0 saturated carbocycles. The normalized spacial score (nSPS) is 10.9. The maximum Gasteiger partial charge on any atom is 0.0859 e. The van der Waals surface area contributed by atoms with Crippen molar-refractivity contribution < 1.29 is 0 Å². The minimum atomic E-state index is 0.802. The van der Waals surface area contributed by atoms with Gasteiger partial charge < -0.3 is 0 Å². The van der Waals surface area contributed by atoms with E-state index in [0.29, 0.717) is 0 Å². The molecule has 0 bridgehead atoms. The molecule has 0 N–H and O–H groups in total. The van der Waals surface area contributed by atoms with Crippen molar-refractivity contribution in [3.8, 4) is 0 Å². The van der Waals surface area contributed by atoms with E-state index in [4.69, 9.17) is 11.6 Å². The molecule has 1 aromatic carbocycles. The van der Waals surface area contributed by atoms with Crippen LogP contribution in [0.1, 0.15) is 18.1 Å². The third kappa shape index (κ3) is 1.88. The van der Waals surface area contributed by atoms with Crippen molar-refractivity contribution in [1.29, 1.82) is 0 Å². The smallest absolute Gasteiger partial charge is 0.0859 e. The molecule has 1 heterocycles. The lowest BCUT2D eigenvalue weighted by atomic mass is 10.1. The van der Waals surface area contributed by atoms with Gasteiger partial charge in [-0.05, 0) is 52.5 Å². The molecule has 0 aliphatic rings. The van der Waals surface area contributed by atoms with Crippen molar-refractivity contribution >= 4 is 38.4 Å². The highest BCUT2D eigenvalue weighted by atomic mass is 79.9. The number of pyridine rings is 1. The maximum absolute atomic E-state index is 6.27. The minimum Gasteiger partial charge on any atom is -0.255 e. The van der Waals surface area contributed by atoms with Crippen LogP contribution in [-0.2, 0) is 6.42 Å². The van der Waals surface area contributed by atoms with E-state index < -0.39 is 0 Å². The van der Waals surface area contributed by atoms with Crippen molar-refractivity contribution in [3.05, 3.63) is 39.0 Å². The SMILES string of the molecule is CCc1cc(Br)c2ncc(C)c(Cl)c2c1. The Kier molecular flexibility index (Phi) is 2.98. The molecule has 0 fully saturated rings. The second-order valence-corrected chi connectivity index (χ2v) is 4.81. The van der Waals surface area contributed by atoms with Gasteiger partial charge >= 0.3 is 0 Å². The van der Waals surface area contributed by atoms with Gasteiger partial charge in [0.1, 0.15) is 0 Å². The summed E-state index contributed by atoms with van der Waals surface area (Å²) in [4.78, 5) is 4.39. The van der Waals surface area contributed by atoms with Crippen molar-refractivity contribution in [2.24, 2.45) is 0 Å². The highest BCUT2D eigenvalue weighted by Gasteiger charge is 2.07. The van der Waals surface area contributed by atoms with Gasteiger partial charge in [-0.3, -0.25) is 4.98 Å². The van der Waals surface area contributed by atoms with Gasteiger partial charge in [-0.2, -0.15) is 0 Å². The van der Waals surface area contributed by atoms with Crippen LogP contribution < -0.4 is 0 Å². The molecule has 78 valence electrons. The van der Waals surface area contributed by atoms with Crippen molar-refractivity contribution in [2.75, 3.05) is 0 Å². The van der Waals surface area contributed by atoms with Gasteiger partial charge in [-0.15, -0.1) is 0 Å².